The second-order valence-electron chi connectivity index (χ2n) is 5.82. The fourth-order valence-electron chi connectivity index (χ4n) is 2.62. The zero-order chi connectivity index (χ0) is 16.8. The first-order valence-electron chi connectivity index (χ1n) is 7.83. The highest BCUT2D eigenvalue weighted by Crippen LogP contribution is 2.21. The van der Waals surface area contributed by atoms with E-state index in [9.17, 15) is 14.4 Å². The van der Waals surface area contributed by atoms with E-state index in [4.69, 9.17) is 0 Å². The van der Waals surface area contributed by atoms with Crippen molar-refractivity contribution in [3.63, 3.8) is 0 Å². The van der Waals surface area contributed by atoms with Gasteiger partial charge in [-0.1, -0.05) is 6.07 Å². The van der Waals surface area contributed by atoms with E-state index in [0.29, 0.717) is 24.4 Å². The van der Waals surface area contributed by atoms with Gasteiger partial charge < -0.3 is 15.1 Å². The largest absolute Gasteiger partial charge is 0.354 e. The molecule has 1 aromatic heterocycles. The van der Waals surface area contributed by atoms with Gasteiger partial charge in [0.25, 0.3) is 5.91 Å². The highest BCUT2D eigenvalue weighted by molar-refractivity contribution is 7.12. The molecule has 7 heteroatoms. The van der Waals surface area contributed by atoms with Gasteiger partial charge in [0.15, 0.2) is 0 Å². The number of hydrogen-bond donors (Lipinski definition) is 1. The summed E-state index contributed by atoms with van der Waals surface area (Å²) in [6, 6.07) is 3.18. The highest BCUT2D eigenvalue weighted by Gasteiger charge is 2.32. The summed E-state index contributed by atoms with van der Waals surface area (Å²) in [5.74, 6) is -0.272. The molecule has 1 unspecified atom stereocenters. The minimum atomic E-state index is -0.437. The second-order valence-corrected chi connectivity index (χ2v) is 6.76. The summed E-state index contributed by atoms with van der Waals surface area (Å²) in [5, 5.41) is 4.65. The van der Waals surface area contributed by atoms with Gasteiger partial charge in [-0.3, -0.25) is 14.4 Å². The van der Waals surface area contributed by atoms with Gasteiger partial charge in [0.1, 0.15) is 6.04 Å². The molecule has 0 saturated carbocycles. The van der Waals surface area contributed by atoms with Gasteiger partial charge in [0.2, 0.25) is 11.8 Å². The molecule has 6 nitrogen and oxygen atoms in total. The third kappa shape index (κ3) is 4.54. The number of thiophene rings is 1. The van der Waals surface area contributed by atoms with Crippen LogP contribution in [0, 0.1) is 0 Å². The van der Waals surface area contributed by atoms with Gasteiger partial charge in [0.05, 0.1) is 4.88 Å². The maximum Gasteiger partial charge on any atom is 0.264 e. The molecule has 1 saturated heterocycles. The van der Waals surface area contributed by atoms with Crippen molar-refractivity contribution >= 4 is 29.1 Å². The SMILES string of the molecule is CN(C)C(=O)CCNC(=O)C1CCCCN1C(=O)c1cccs1. The fourth-order valence-corrected chi connectivity index (χ4v) is 3.30. The van der Waals surface area contributed by atoms with Gasteiger partial charge in [-0.25, -0.2) is 0 Å². The maximum absolute atomic E-state index is 12.5. The predicted molar refractivity (Wildman–Crippen MR) is 89.3 cm³/mol. The van der Waals surface area contributed by atoms with E-state index in [1.54, 1.807) is 25.1 Å². The molecule has 3 amide bonds. The number of rotatable bonds is 5. The summed E-state index contributed by atoms with van der Waals surface area (Å²) in [4.78, 5) is 40.3. The van der Waals surface area contributed by atoms with Crippen LogP contribution in [-0.4, -0.2) is 60.7 Å². The fraction of sp³-hybridized carbons (Fsp3) is 0.562. The van der Waals surface area contributed by atoms with E-state index in [1.807, 2.05) is 11.4 Å². The Morgan fingerprint density at radius 1 is 1.35 bits per heavy atom. The molecule has 1 aliphatic rings. The first kappa shape index (κ1) is 17.5. The van der Waals surface area contributed by atoms with Crippen LogP contribution in [0.1, 0.15) is 35.4 Å². The quantitative estimate of drug-likeness (QED) is 0.881. The van der Waals surface area contributed by atoms with Crippen molar-refractivity contribution in [1.82, 2.24) is 15.1 Å². The Morgan fingerprint density at radius 3 is 2.78 bits per heavy atom. The van der Waals surface area contributed by atoms with Crippen molar-refractivity contribution in [2.75, 3.05) is 27.2 Å². The molecule has 1 aliphatic heterocycles. The standard InChI is InChI=1S/C16H23N3O3S/c1-18(2)14(20)8-9-17-15(21)12-6-3-4-10-19(12)16(22)13-7-5-11-23-13/h5,7,11-12H,3-4,6,8-10H2,1-2H3,(H,17,21). The number of carbonyl (C=O) groups is 3. The maximum atomic E-state index is 12.5. The Balaban J connectivity index is 1.93. The smallest absolute Gasteiger partial charge is 0.264 e. The third-order valence-electron chi connectivity index (χ3n) is 3.94. The summed E-state index contributed by atoms with van der Waals surface area (Å²) < 4.78 is 0. The molecule has 23 heavy (non-hydrogen) atoms. The van der Waals surface area contributed by atoms with Gasteiger partial charge in [0, 0.05) is 33.6 Å². The van der Waals surface area contributed by atoms with E-state index in [1.165, 1.54) is 16.2 Å². The molecular formula is C16H23N3O3S. The molecule has 0 spiro atoms. The number of hydrogen-bond acceptors (Lipinski definition) is 4. The topological polar surface area (TPSA) is 69.7 Å². The van der Waals surface area contributed by atoms with Gasteiger partial charge >= 0.3 is 0 Å². The lowest BCUT2D eigenvalue weighted by molar-refractivity contribution is -0.129. The average Bonchev–Trinajstić information content (AvgIpc) is 3.08. The molecule has 2 heterocycles. The van der Waals surface area contributed by atoms with E-state index in [-0.39, 0.29) is 24.1 Å². The molecule has 1 fully saturated rings. The lowest BCUT2D eigenvalue weighted by Gasteiger charge is -2.34. The van der Waals surface area contributed by atoms with Crippen molar-refractivity contribution in [1.29, 1.82) is 0 Å². The van der Waals surface area contributed by atoms with Crippen LogP contribution in [0.3, 0.4) is 0 Å². The molecule has 0 aliphatic carbocycles. The normalized spacial score (nSPS) is 17.7. The van der Waals surface area contributed by atoms with E-state index < -0.39 is 6.04 Å². The van der Waals surface area contributed by atoms with Crippen molar-refractivity contribution in [3.8, 4) is 0 Å². The Morgan fingerprint density at radius 2 is 2.13 bits per heavy atom. The van der Waals surface area contributed by atoms with Crippen LogP contribution in [-0.2, 0) is 9.59 Å². The van der Waals surface area contributed by atoms with Crippen LogP contribution in [0.25, 0.3) is 0 Å². The van der Waals surface area contributed by atoms with E-state index in [0.717, 1.165) is 12.8 Å². The number of carbonyl (C=O) groups excluding carboxylic acids is 3. The first-order valence-corrected chi connectivity index (χ1v) is 8.71. The summed E-state index contributed by atoms with van der Waals surface area (Å²) in [6.07, 6.45) is 2.79. The number of nitrogens with one attached hydrogen (secondary N) is 1. The Labute approximate surface area is 140 Å². The summed E-state index contributed by atoms with van der Waals surface area (Å²) in [6.45, 7) is 0.902. The molecule has 126 valence electrons. The molecule has 0 bridgehead atoms. The van der Waals surface area contributed by atoms with Crippen LogP contribution in [0.15, 0.2) is 17.5 Å². The molecule has 0 aromatic carbocycles. The second kappa shape index (κ2) is 8.10. The summed E-state index contributed by atoms with van der Waals surface area (Å²) in [5.41, 5.74) is 0. The van der Waals surface area contributed by atoms with Crippen LogP contribution in [0.5, 0.6) is 0 Å². The summed E-state index contributed by atoms with van der Waals surface area (Å²) >= 11 is 1.39. The molecule has 0 radical (unpaired) electrons. The first-order chi connectivity index (χ1) is 11.0. The minimum absolute atomic E-state index is 0.0273. The van der Waals surface area contributed by atoms with Gasteiger partial charge in [-0.05, 0) is 30.7 Å². The Hall–Kier alpha value is -1.89. The number of piperidine rings is 1. The lowest BCUT2D eigenvalue weighted by Crippen LogP contribution is -2.52. The number of likely N-dealkylation sites (tertiary alicyclic amines) is 1. The van der Waals surface area contributed by atoms with Crippen molar-refractivity contribution in [2.45, 2.75) is 31.7 Å². The zero-order valence-electron chi connectivity index (χ0n) is 13.6. The lowest BCUT2D eigenvalue weighted by atomic mass is 10.0. The molecular weight excluding hydrogens is 314 g/mol. The van der Waals surface area contributed by atoms with Crippen molar-refractivity contribution in [3.05, 3.63) is 22.4 Å². The molecule has 1 aromatic rings. The van der Waals surface area contributed by atoms with Crippen molar-refractivity contribution in [2.24, 2.45) is 0 Å². The molecule has 1 N–H and O–H groups in total. The Bertz CT molecular complexity index is 557. The van der Waals surface area contributed by atoms with Crippen LogP contribution in [0.2, 0.25) is 0 Å². The average molecular weight is 337 g/mol. The monoisotopic (exact) mass is 337 g/mol. The van der Waals surface area contributed by atoms with Gasteiger partial charge in [-0.15, -0.1) is 11.3 Å². The number of amides is 3. The van der Waals surface area contributed by atoms with Crippen molar-refractivity contribution < 1.29 is 14.4 Å². The third-order valence-corrected chi connectivity index (χ3v) is 4.79. The van der Waals surface area contributed by atoms with Crippen LogP contribution >= 0.6 is 11.3 Å². The van der Waals surface area contributed by atoms with E-state index in [2.05, 4.69) is 5.32 Å². The van der Waals surface area contributed by atoms with Gasteiger partial charge in [-0.2, -0.15) is 0 Å². The van der Waals surface area contributed by atoms with Crippen LogP contribution in [0.4, 0.5) is 0 Å². The predicted octanol–water partition coefficient (Wildman–Crippen LogP) is 1.34. The number of nitrogens with zero attached hydrogens (tertiary/aromatic N) is 2. The van der Waals surface area contributed by atoms with Crippen LogP contribution < -0.4 is 5.32 Å². The molecule has 2 rings (SSSR count). The minimum Gasteiger partial charge on any atom is -0.354 e. The Kier molecular flexibility index (Phi) is 6.15. The highest BCUT2D eigenvalue weighted by atomic mass is 32.1. The van der Waals surface area contributed by atoms with E-state index >= 15 is 0 Å². The molecule has 1 atom stereocenters. The summed E-state index contributed by atoms with van der Waals surface area (Å²) in [7, 11) is 3.37. The zero-order valence-corrected chi connectivity index (χ0v) is 14.4.